The summed E-state index contributed by atoms with van der Waals surface area (Å²) in [4.78, 5) is 24.7. The number of carbonyl (C=O) groups is 2. The van der Waals surface area contributed by atoms with E-state index in [0.29, 0.717) is 28.6 Å². The van der Waals surface area contributed by atoms with Gasteiger partial charge in [-0.15, -0.1) is 0 Å². The van der Waals surface area contributed by atoms with Crippen LogP contribution in [0.3, 0.4) is 0 Å². The van der Waals surface area contributed by atoms with Crippen molar-refractivity contribution in [2.75, 3.05) is 6.79 Å². The summed E-state index contributed by atoms with van der Waals surface area (Å²) in [7, 11) is 0. The van der Waals surface area contributed by atoms with Crippen LogP contribution in [0.5, 0.6) is 23.0 Å². The molecule has 7 nitrogen and oxygen atoms in total. The molecule has 158 valence electrons. The number of hydrogen-bond donors (Lipinski definition) is 1. The zero-order chi connectivity index (χ0) is 21.6. The molecule has 3 aromatic rings. The van der Waals surface area contributed by atoms with Gasteiger partial charge in [0, 0.05) is 6.54 Å². The van der Waals surface area contributed by atoms with Crippen molar-refractivity contribution in [3.8, 4) is 23.0 Å². The molecule has 1 aliphatic rings. The van der Waals surface area contributed by atoms with Crippen LogP contribution in [0.1, 0.15) is 22.8 Å². The number of para-hydroxylation sites is 1. The molecule has 1 amide bonds. The standard InChI is InChI=1S/C24H21NO6/c1-16(23(26)25-14-17-7-12-21-22(13-17)29-15-28-21)30-24(27)18-8-10-20(11-9-18)31-19-5-3-2-4-6-19/h2-13,16H,14-15H2,1H3,(H,25,26)/t16-/m1/s1. The van der Waals surface area contributed by atoms with E-state index >= 15 is 0 Å². The lowest BCUT2D eigenvalue weighted by molar-refractivity contribution is -0.129. The van der Waals surface area contributed by atoms with Crippen LogP contribution in [0.4, 0.5) is 0 Å². The number of rotatable bonds is 7. The van der Waals surface area contributed by atoms with Crippen molar-refractivity contribution in [3.05, 3.63) is 83.9 Å². The number of fused-ring (bicyclic) bond motifs is 1. The van der Waals surface area contributed by atoms with E-state index in [4.69, 9.17) is 18.9 Å². The van der Waals surface area contributed by atoms with E-state index in [0.717, 1.165) is 5.56 Å². The van der Waals surface area contributed by atoms with Gasteiger partial charge < -0.3 is 24.3 Å². The van der Waals surface area contributed by atoms with Gasteiger partial charge in [0.25, 0.3) is 5.91 Å². The van der Waals surface area contributed by atoms with E-state index in [1.54, 1.807) is 36.4 Å². The first-order valence-corrected chi connectivity index (χ1v) is 9.79. The zero-order valence-corrected chi connectivity index (χ0v) is 16.9. The van der Waals surface area contributed by atoms with Crippen LogP contribution in [0.15, 0.2) is 72.8 Å². The SMILES string of the molecule is C[C@@H](OC(=O)c1ccc(Oc2ccccc2)cc1)C(=O)NCc1ccc2c(c1)OCO2. The van der Waals surface area contributed by atoms with Gasteiger partial charge in [0.2, 0.25) is 6.79 Å². The summed E-state index contributed by atoms with van der Waals surface area (Å²) < 4.78 is 21.6. The molecule has 0 unspecified atom stereocenters. The zero-order valence-electron chi connectivity index (χ0n) is 16.9. The van der Waals surface area contributed by atoms with Crippen LogP contribution in [0.2, 0.25) is 0 Å². The highest BCUT2D eigenvalue weighted by molar-refractivity contribution is 5.92. The quantitative estimate of drug-likeness (QED) is 0.582. The molecule has 31 heavy (non-hydrogen) atoms. The fraction of sp³-hybridized carbons (Fsp3) is 0.167. The van der Waals surface area contributed by atoms with Gasteiger partial charge in [0.05, 0.1) is 5.56 Å². The summed E-state index contributed by atoms with van der Waals surface area (Å²) in [5.74, 6) is 1.64. The Morgan fingerprint density at radius 3 is 2.42 bits per heavy atom. The van der Waals surface area contributed by atoms with Crippen molar-refractivity contribution in [1.29, 1.82) is 0 Å². The third-order valence-electron chi connectivity index (χ3n) is 4.63. The second-order valence-electron chi connectivity index (χ2n) is 6.89. The van der Waals surface area contributed by atoms with E-state index < -0.39 is 18.0 Å². The Bertz CT molecular complexity index is 1070. The highest BCUT2D eigenvalue weighted by Gasteiger charge is 2.19. The Morgan fingerprint density at radius 1 is 0.935 bits per heavy atom. The van der Waals surface area contributed by atoms with Crippen molar-refractivity contribution < 1.29 is 28.5 Å². The smallest absolute Gasteiger partial charge is 0.338 e. The van der Waals surface area contributed by atoms with Crippen molar-refractivity contribution in [2.24, 2.45) is 0 Å². The van der Waals surface area contributed by atoms with Crippen molar-refractivity contribution in [2.45, 2.75) is 19.6 Å². The van der Waals surface area contributed by atoms with E-state index in [9.17, 15) is 9.59 Å². The van der Waals surface area contributed by atoms with Crippen LogP contribution in [-0.2, 0) is 16.1 Å². The molecule has 3 aromatic carbocycles. The molecule has 0 fully saturated rings. The molecule has 0 bridgehead atoms. The van der Waals surface area contributed by atoms with Gasteiger partial charge in [-0.1, -0.05) is 24.3 Å². The molecule has 1 atom stereocenters. The summed E-state index contributed by atoms with van der Waals surface area (Å²) >= 11 is 0. The number of amides is 1. The van der Waals surface area contributed by atoms with Crippen LogP contribution >= 0.6 is 0 Å². The summed E-state index contributed by atoms with van der Waals surface area (Å²) in [5, 5.41) is 2.75. The minimum absolute atomic E-state index is 0.192. The van der Waals surface area contributed by atoms with Gasteiger partial charge >= 0.3 is 5.97 Å². The molecule has 4 rings (SSSR count). The average molecular weight is 419 g/mol. The molecule has 0 radical (unpaired) electrons. The predicted octanol–water partition coefficient (Wildman–Crippen LogP) is 4.07. The van der Waals surface area contributed by atoms with Gasteiger partial charge in [0.15, 0.2) is 17.6 Å². The van der Waals surface area contributed by atoms with Gasteiger partial charge in [-0.05, 0) is 61.0 Å². The molecule has 0 spiro atoms. The Morgan fingerprint density at radius 2 is 1.65 bits per heavy atom. The summed E-state index contributed by atoms with van der Waals surface area (Å²) in [6, 6.07) is 21.3. The second kappa shape index (κ2) is 9.21. The topological polar surface area (TPSA) is 83.1 Å². The molecule has 0 saturated heterocycles. The fourth-order valence-corrected chi connectivity index (χ4v) is 2.95. The predicted molar refractivity (Wildman–Crippen MR) is 112 cm³/mol. The fourth-order valence-electron chi connectivity index (χ4n) is 2.95. The Balaban J connectivity index is 1.28. The van der Waals surface area contributed by atoms with Gasteiger partial charge in [-0.25, -0.2) is 4.79 Å². The Labute approximate surface area is 179 Å². The lowest BCUT2D eigenvalue weighted by atomic mass is 10.2. The number of nitrogens with one attached hydrogen (secondary N) is 1. The van der Waals surface area contributed by atoms with Crippen molar-refractivity contribution in [1.82, 2.24) is 5.32 Å². The molecular formula is C24H21NO6. The summed E-state index contributed by atoms with van der Waals surface area (Å²) in [5.41, 5.74) is 1.18. The maximum absolute atomic E-state index is 12.4. The monoisotopic (exact) mass is 419 g/mol. The van der Waals surface area contributed by atoms with Crippen LogP contribution in [0.25, 0.3) is 0 Å². The van der Waals surface area contributed by atoms with Crippen molar-refractivity contribution in [3.63, 3.8) is 0 Å². The highest BCUT2D eigenvalue weighted by atomic mass is 16.7. The van der Waals surface area contributed by atoms with Gasteiger partial charge in [-0.2, -0.15) is 0 Å². The molecule has 7 heteroatoms. The molecule has 0 aliphatic carbocycles. The molecule has 1 aliphatic heterocycles. The molecular weight excluding hydrogens is 398 g/mol. The molecule has 1 N–H and O–H groups in total. The van der Waals surface area contributed by atoms with E-state index in [1.807, 2.05) is 36.4 Å². The minimum atomic E-state index is -0.943. The molecule has 0 saturated carbocycles. The Hall–Kier alpha value is -4.00. The number of benzene rings is 3. The molecule has 1 heterocycles. The van der Waals surface area contributed by atoms with Crippen LogP contribution < -0.4 is 19.5 Å². The van der Waals surface area contributed by atoms with E-state index in [2.05, 4.69) is 5.32 Å². The summed E-state index contributed by atoms with van der Waals surface area (Å²) in [6.07, 6.45) is -0.943. The van der Waals surface area contributed by atoms with E-state index in [1.165, 1.54) is 6.92 Å². The van der Waals surface area contributed by atoms with Gasteiger partial charge in [0.1, 0.15) is 11.5 Å². The molecule has 0 aromatic heterocycles. The lowest BCUT2D eigenvalue weighted by Gasteiger charge is -2.14. The highest BCUT2D eigenvalue weighted by Crippen LogP contribution is 2.32. The second-order valence-corrected chi connectivity index (χ2v) is 6.89. The maximum atomic E-state index is 12.4. The number of hydrogen-bond acceptors (Lipinski definition) is 6. The normalized spacial score (nSPS) is 12.7. The number of ether oxygens (including phenoxy) is 4. The third kappa shape index (κ3) is 5.14. The van der Waals surface area contributed by atoms with E-state index in [-0.39, 0.29) is 13.3 Å². The van der Waals surface area contributed by atoms with Crippen LogP contribution in [-0.4, -0.2) is 24.8 Å². The largest absolute Gasteiger partial charge is 0.457 e. The lowest BCUT2D eigenvalue weighted by Crippen LogP contribution is -2.35. The first kappa shape index (κ1) is 20.3. The summed E-state index contributed by atoms with van der Waals surface area (Å²) in [6.45, 7) is 2.00. The third-order valence-corrected chi connectivity index (χ3v) is 4.63. The Kier molecular flexibility index (Phi) is 6.03. The number of carbonyl (C=O) groups excluding carboxylic acids is 2. The first-order valence-electron chi connectivity index (χ1n) is 9.79. The van der Waals surface area contributed by atoms with Gasteiger partial charge in [-0.3, -0.25) is 4.79 Å². The van der Waals surface area contributed by atoms with Crippen LogP contribution in [0, 0.1) is 0 Å². The van der Waals surface area contributed by atoms with Crippen molar-refractivity contribution >= 4 is 11.9 Å². The minimum Gasteiger partial charge on any atom is -0.457 e. The maximum Gasteiger partial charge on any atom is 0.338 e. The first-order chi connectivity index (χ1) is 15.1. The number of esters is 1. The average Bonchev–Trinajstić information content (AvgIpc) is 3.26.